The summed E-state index contributed by atoms with van der Waals surface area (Å²) < 4.78 is 38.4. The van der Waals surface area contributed by atoms with Gasteiger partial charge >= 0.3 is 6.18 Å². The molecule has 0 atom stereocenters. The third kappa shape index (κ3) is 4.61. The Labute approximate surface area is 142 Å². The number of rotatable bonds is 4. The Morgan fingerprint density at radius 3 is 2.54 bits per heavy atom. The number of carbonyl (C=O) groups is 1. The zero-order chi connectivity index (χ0) is 17.9. The first-order valence-electron chi connectivity index (χ1n) is 7.06. The average molecular weight is 358 g/mol. The molecule has 2 aromatic rings. The van der Waals surface area contributed by atoms with Gasteiger partial charge in [-0.1, -0.05) is 11.6 Å². The van der Waals surface area contributed by atoms with Crippen LogP contribution < -0.4 is 10.6 Å². The van der Waals surface area contributed by atoms with Crippen LogP contribution in [0, 0.1) is 0 Å². The zero-order valence-electron chi connectivity index (χ0n) is 12.9. The van der Waals surface area contributed by atoms with Gasteiger partial charge in [0.2, 0.25) is 0 Å². The van der Waals surface area contributed by atoms with Crippen molar-refractivity contribution in [3.8, 4) is 0 Å². The van der Waals surface area contributed by atoms with Crippen LogP contribution >= 0.6 is 11.6 Å². The zero-order valence-corrected chi connectivity index (χ0v) is 13.7. The molecular weight excluding hydrogens is 343 g/mol. The largest absolute Gasteiger partial charge is 0.416 e. The molecule has 1 heterocycles. The van der Waals surface area contributed by atoms with Crippen molar-refractivity contribution in [3.05, 3.63) is 52.8 Å². The second-order valence-electron chi connectivity index (χ2n) is 5.41. The van der Waals surface area contributed by atoms with Gasteiger partial charge in [-0.15, -0.1) is 0 Å². The maximum absolute atomic E-state index is 12.8. The average Bonchev–Trinajstić information content (AvgIpc) is 2.48. The first kappa shape index (κ1) is 18.1. The predicted octanol–water partition coefficient (Wildman–Crippen LogP) is 4.64. The lowest BCUT2D eigenvalue weighted by Crippen LogP contribution is -2.30. The number of anilines is 2. The minimum Gasteiger partial charge on any atom is -0.353 e. The molecule has 8 heteroatoms. The quantitative estimate of drug-likeness (QED) is 0.838. The number of nitrogens with one attached hydrogen (secondary N) is 2. The topological polar surface area (TPSA) is 54.0 Å². The summed E-state index contributed by atoms with van der Waals surface area (Å²) in [5, 5.41) is 5.59. The monoisotopic (exact) mass is 357 g/mol. The van der Waals surface area contributed by atoms with Crippen molar-refractivity contribution in [1.29, 1.82) is 0 Å². The number of halogens is 4. The molecule has 1 amide bonds. The van der Waals surface area contributed by atoms with Gasteiger partial charge in [0.05, 0.1) is 33.7 Å². The van der Waals surface area contributed by atoms with Crippen LogP contribution in [0.4, 0.5) is 24.5 Å². The molecule has 0 saturated carbocycles. The second kappa shape index (κ2) is 7.09. The summed E-state index contributed by atoms with van der Waals surface area (Å²) in [6, 6.07) is 4.41. The molecular formula is C16H15ClF3N3O. The van der Waals surface area contributed by atoms with Crippen molar-refractivity contribution < 1.29 is 18.0 Å². The number of benzene rings is 1. The lowest BCUT2D eigenvalue weighted by Gasteiger charge is -2.13. The summed E-state index contributed by atoms with van der Waals surface area (Å²) in [4.78, 5) is 15.9. The molecule has 24 heavy (non-hydrogen) atoms. The predicted molar refractivity (Wildman–Crippen MR) is 86.6 cm³/mol. The van der Waals surface area contributed by atoms with Crippen molar-refractivity contribution in [3.63, 3.8) is 0 Å². The summed E-state index contributed by atoms with van der Waals surface area (Å²) in [5.41, 5.74) is -0.102. The second-order valence-corrected chi connectivity index (χ2v) is 5.82. The van der Waals surface area contributed by atoms with Gasteiger partial charge in [-0.3, -0.25) is 9.78 Å². The van der Waals surface area contributed by atoms with E-state index in [1.54, 1.807) is 0 Å². The third-order valence-corrected chi connectivity index (χ3v) is 3.32. The minimum atomic E-state index is -4.47. The standard InChI is InChI=1S/C16H15ClF3N3O/c1-9(2)22-15(24)10-5-12(8-21-7-10)23-14-6-11(16(18,19)20)3-4-13(14)17/h3-9,23H,1-2H3,(H,22,24). The van der Waals surface area contributed by atoms with Crippen LogP contribution in [-0.2, 0) is 6.18 Å². The molecule has 1 aromatic heterocycles. The molecule has 0 aliphatic heterocycles. The molecule has 0 spiro atoms. The van der Waals surface area contributed by atoms with Crippen LogP contribution in [-0.4, -0.2) is 16.9 Å². The minimum absolute atomic E-state index is 0.0490. The lowest BCUT2D eigenvalue weighted by molar-refractivity contribution is -0.137. The Morgan fingerprint density at radius 2 is 1.92 bits per heavy atom. The van der Waals surface area contributed by atoms with Gasteiger partial charge in [0.25, 0.3) is 5.91 Å². The molecule has 2 rings (SSSR count). The Morgan fingerprint density at radius 1 is 1.21 bits per heavy atom. The van der Waals surface area contributed by atoms with Crippen molar-refractivity contribution in [2.24, 2.45) is 0 Å². The molecule has 0 fully saturated rings. The van der Waals surface area contributed by atoms with Crippen LogP contribution in [0.15, 0.2) is 36.7 Å². The van der Waals surface area contributed by atoms with Crippen molar-refractivity contribution >= 4 is 28.9 Å². The molecule has 0 radical (unpaired) electrons. The smallest absolute Gasteiger partial charge is 0.353 e. The Kier molecular flexibility index (Phi) is 5.33. The molecule has 0 bridgehead atoms. The van der Waals surface area contributed by atoms with Crippen LogP contribution in [0.5, 0.6) is 0 Å². The van der Waals surface area contributed by atoms with E-state index in [1.165, 1.54) is 18.5 Å². The molecule has 0 aliphatic rings. The number of nitrogens with zero attached hydrogens (tertiary/aromatic N) is 1. The summed E-state index contributed by atoms with van der Waals surface area (Å²) in [6.07, 6.45) is -1.71. The number of pyridine rings is 1. The van der Waals surface area contributed by atoms with Crippen molar-refractivity contribution in [2.45, 2.75) is 26.1 Å². The van der Waals surface area contributed by atoms with E-state index in [1.807, 2.05) is 13.8 Å². The first-order chi connectivity index (χ1) is 11.2. The van der Waals surface area contributed by atoms with Gasteiger partial charge in [-0.25, -0.2) is 0 Å². The van der Waals surface area contributed by atoms with E-state index in [2.05, 4.69) is 15.6 Å². The van der Waals surface area contributed by atoms with E-state index in [9.17, 15) is 18.0 Å². The molecule has 128 valence electrons. The molecule has 0 unspecified atom stereocenters. The summed E-state index contributed by atoms with van der Waals surface area (Å²) >= 11 is 5.94. The first-order valence-corrected chi connectivity index (χ1v) is 7.44. The summed E-state index contributed by atoms with van der Waals surface area (Å²) in [6.45, 7) is 3.63. The fourth-order valence-electron chi connectivity index (χ4n) is 1.93. The van der Waals surface area contributed by atoms with Gasteiger partial charge in [-0.05, 0) is 38.1 Å². The Bertz CT molecular complexity index is 748. The highest BCUT2D eigenvalue weighted by Gasteiger charge is 2.31. The van der Waals surface area contributed by atoms with E-state index in [0.29, 0.717) is 5.69 Å². The normalized spacial score (nSPS) is 11.5. The number of hydrogen-bond acceptors (Lipinski definition) is 3. The number of alkyl halides is 3. The van der Waals surface area contributed by atoms with Crippen LogP contribution in [0.3, 0.4) is 0 Å². The van der Waals surface area contributed by atoms with Gasteiger partial charge in [0.15, 0.2) is 0 Å². The van der Waals surface area contributed by atoms with E-state index in [-0.39, 0.29) is 28.2 Å². The molecule has 2 N–H and O–H groups in total. The number of amides is 1. The third-order valence-electron chi connectivity index (χ3n) is 2.99. The lowest BCUT2D eigenvalue weighted by atomic mass is 10.2. The van der Waals surface area contributed by atoms with E-state index in [4.69, 9.17) is 11.6 Å². The fraction of sp³-hybridized carbons (Fsp3) is 0.250. The highest BCUT2D eigenvalue weighted by Crippen LogP contribution is 2.34. The van der Waals surface area contributed by atoms with Gasteiger partial charge in [-0.2, -0.15) is 13.2 Å². The van der Waals surface area contributed by atoms with E-state index >= 15 is 0 Å². The van der Waals surface area contributed by atoms with E-state index < -0.39 is 11.7 Å². The molecule has 0 aliphatic carbocycles. The number of aromatic nitrogens is 1. The summed E-state index contributed by atoms with van der Waals surface area (Å²) in [5.74, 6) is -0.323. The molecule has 1 aromatic carbocycles. The van der Waals surface area contributed by atoms with Gasteiger partial charge < -0.3 is 10.6 Å². The van der Waals surface area contributed by atoms with Crippen molar-refractivity contribution in [2.75, 3.05) is 5.32 Å². The van der Waals surface area contributed by atoms with Crippen molar-refractivity contribution in [1.82, 2.24) is 10.3 Å². The van der Waals surface area contributed by atoms with Crippen LogP contribution in [0.1, 0.15) is 29.8 Å². The molecule has 0 saturated heterocycles. The summed E-state index contributed by atoms with van der Waals surface area (Å²) in [7, 11) is 0. The van der Waals surface area contributed by atoms with E-state index in [0.717, 1.165) is 18.2 Å². The SMILES string of the molecule is CC(C)NC(=O)c1cncc(Nc2cc(C(F)(F)F)ccc2Cl)c1. The Balaban J connectivity index is 2.27. The van der Waals surface area contributed by atoms with Gasteiger partial charge in [0.1, 0.15) is 0 Å². The number of carbonyl (C=O) groups excluding carboxylic acids is 1. The van der Waals surface area contributed by atoms with Crippen LogP contribution in [0.25, 0.3) is 0 Å². The highest BCUT2D eigenvalue weighted by atomic mass is 35.5. The number of hydrogen-bond donors (Lipinski definition) is 2. The highest BCUT2D eigenvalue weighted by molar-refractivity contribution is 6.33. The maximum Gasteiger partial charge on any atom is 0.416 e. The fourth-order valence-corrected chi connectivity index (χ4v) is 2.10. The maximum atomic E-state index is 12.8. The Hall–Kier alpha value is -2.28. The van der Waals surface area contributed by atoms with Crippen LogP contribution in [0.2, 0.25) is 5.02 Å². The van der Waals surface area contributed by atoms with Gasteiger partial charge in [0, 0.05) is 12.2 Å². The molecule has 4 nitrogen and oxygen atoms in total.